The average Bonchev–Trinajstić information content (AvgIpc) is 2.10. The van der Waals surface area contributed by atoms with E-state index in [1.807, 2.05) is 0 Å². The molecule has 1 aliphatic carbocycles. The van der Waals surface area contributed by atoms with Gasteiger partial charge in [0, 0.05) is 0 Å². The van der Waals surface area contributed by atoms with Crippen LogP contribution in [0, 0.1) is 17.8 Å². The summed E-state index contributed by atoms with van der Waals surface area (Å²) in [4.78, 5) is 22.5. The minimum Gasteiger partial charge on any atom is -0.465 e. The van der Waals surface area contributed by atoms with Gasteiger partial charge in [0.05, 0.1) is 6.61 Å². The van der Waals surface area contributed by atoms with Crippen molar-refractivity contribution in [3.05, 3.63) is 0 Å². The molecule has 4 nitrogen and oxygen atoms in total. The lowest BCUT2D eigenvalue weighted by molar-refractivity contribution is -0.152. The largest absolute Gasteiger partial charge is 0.465 e. The molecule has 4 heteroatoms. The minimum absolute atomic E-state index is 0.295. The zero-order chi connectivity index (χ0) is 11.4. The maximum absolute atomic E-state index is 11.4. The summed E-state index contributed by atoms with van der Waals surface area (Å²) in [5.41, 5.74) is 5.19. The first-order chi connectivity index (χ1) is 7.04. The third-order valence-electron chi connectivity index (χ3n) is 2.95. The van der Waals surface area contributed by atoms with Crippen LogP contribution in [0.25, 0.3) is 0 Å². The van der Waals surface area contributed by atoms with E-state index in [-0.39, 0.29) is 0 Å². The van der Waals surface area contributed by atoms with Gasteiger partial charge in [0.1, 0.15) is 5.92 Å². The summed E-state index contributed by atoms with van der Waals surface area (Å²) in [7, 11) is 0. The van der Waals surface area contributed by atoms with Crippen LogP contribution in [-0.2, 0) is 14.3 Å². The van der Waals surface area contributed by atoms with E-state index in [2.05, 4.69) is 6.92 Å². The molecule has 86 valence electrons. The third-order valence-corrected chi connectivity index (χ3v) is 2.95. The third kappa shape index (κ3) is 3.22. The molecule has 0 aliphatic heterocycles. The Balaban J connectivity index is 2.44. The van der Waals surface area contributed by atoms with Crippen LogP contribution in [0.5, 0.6) is 0 Å². The molecule has 0 spiro atoms. The molecule has 1 aliphatic rings. The van der Waals surface area contributed by atoms with Crippen LogP contribution >= 0.6 is 0 Å². The first-order valence-electron chi connectivity index (χ1n) is 5.50. The molecule has 15 heavy (non-hydrogen) atoms. The quantitative estimate of drug-likeness (QED) is 0.549. The second-order valence-electron chi connectivity index (χ2n) is 4.39. The van der Waals surface area contributed by atoms with Crippen LogP contribution in [0.4, 0.5) is 0 Å². The van der Waals surface area contributed by atoms with Crippen LogP contribution in [0.15, 0.2) is 0 Å². The van der Waals surface area contributed by atoms with Crippen LogP contribution < -0.4 is 5.73 Å². The minimum atomic E-state index is -0.748. The number of hydrogen-bond acceptors (Lipinski definition) is 3. The molecule has 0 aromatic carbocycles. The molecule has 0 radical (unpaired) electrons. The summed E-state index contributed by atoms with van der Waals surface area (Å²) in [6.07, 6.45) is 2.73. The highest BCUT2D eigenvalue weighted by atomic mass is 16.5. The standard InChI is InChI=1S/C11H19NO3/c1-3-15-11(14)9(10(12)13)6-8-4-7(2)5-8/h7-9H,3-6H2,1-2H3,(H2,12,13). The van der Waals surface area contributed by atoms with Gasteiger partial charge in [-0.1, -0.05) is 6.92 Å². The van der Waals surface area contributed by atoms with E-state index in [0.717, 1.165) is 12.8 Å². The fourth-order valence-corrected chi connectivity index (χ4v) is 2.17. The number of carbonyl (C=O) groups is 2. The average molecular weight is 213 g/mol. The highest BCUT2D eigenvalue weighted by Crippen LogP contribution is 2.37. The van der Waals surface area contributed by atoms with Gasteiger partial charge in [-0.3, -0.25) is 9.59 Å². The molecule has 0 bridgehead atoms. The van der Waals surface area contributed by atoms with Crippen LogP contribution in [0.1, 0.15) is 33.1 Å². The maximum Gasteiger partial charge on any atom is 0.318 e. The Morgan fingerprint density at radius 3 is 2.47 bits per heavy atom. The number of esters is 1. The lowest BCUT2D eigenvalue weighted by Crippen LogP contribution is -2.36. The van der Waals surface area contributed by atoms with Gasteiger partial charge < -0.3 is 10.5 Å². The number of carbonyl (C=O) groups excluding carboxylic acids is 2. The lowest BCUT2D eigenvalue weighted by atomic mass is 9.72. The van der Waals surface area contributed by atoms with E-state index in [0.29, 0.717) is 24.9 Å². The zero-order valence-electron chi connectivity index (χ0n) is 9.36. The molecule has 1 fully saturated rings. The molecule has 0 saturated heterocycles. The Bertz CT molecular complexity index is 246. The second kappa shape index (κ2) is 5.14. The SMILES string of the molecule is CCOC(=O)C(CC1CC(C)C1)C(N)=O. The summed E-state index contributed by atoms with van der Waals surface area (Å²) in [5.74, 6) is -0.604. The van der Waals surface area contributed by atoms with E-state index in [9.17, 15) is 9.59 Å². The van der Waals surface area contributed by atoms with Crippen molar-refractivity contribution < 1.29 is 14.3 Å². The summed E-state index contributed by atoms with van der Waals surface area (Å²) < 4.78 is 4.82. The molecule has 1 amide bonds. The van der Waals surface area contributed by atoms with E-state index in [1.165, 1.54) is 0 Å². The second-order valence-corrected chi connectivity index (χ2v) is 4.39. The summed E-state index contributed by atoms with van der Waals surface area (Å²) in [5, 5.41) is 0. The zero-order valence-corrected chi connectivity index (χ0v) is 9.36. The predicted octanol–water partition coefficient (Wildman–Crippen LogP) is 1.09. The molecular formula is C11H19NO3. The van der Waals surface area contributed by atoms with Crippen molar-refractivity contribution in [2.75, 3.05) is 6.61 Å². The molecule has 1 atom stereocenters. The topological polar surface area (TPSA) is 69.4 Å². The van der Waals surface area contributed by atoms with Crippen molar-refractivity contribution >= 4 is 11.9 Å². The smallest absolute Gasteiger partial charge is 0.318 e. The van der Waals surface area contributed by atoms with Crippen molar-refractivity contribution in [3.8, 4) is 0 Å². The number of primary amides is 1. The van der Waals surface area contributed by atoms with Crippen molar-refractivity contribution in [1.29, 1.82) is 0 Å². The van der Waals surface area contributed by atoms with Gasteiger partial charge in [-0.25, -0.2) is 0 Å². The van der Waals surface area contributed by atoms with Gasteiger partial charge in [-0.2, -0.15) is 0 Å². The Labute approximate surface area is 90.2 Å². The molecule has 1 unspecified atom stereocenters. The van der Waals surface area contributed by atoms with Gasteiger partial charge in [-0.15, -0.1) is 0 Å². The number of rotatable bonds is 5. The molecule has 0 aromatic heterocycles. The summed E-state index contributed by atoms with van der Waals surface area (Å²) in [6, 6.07) is 0. The van der Waals surface area contributed by atoms with Crippen molar-refractivity contribution in [2.24, 2.45) is 23.5 Å². The first kappa shape index (κ1) is 12.0. The fourth-order valence-electron chi connectivity index (χ4n) is 2.17. The molecule has 0 heterocycles. The molecule has 1 rings (SSSR count). The monoisotopic (exact) mass is 213 g/mol. The van der Waals surface area contributed by atoms with E-state index >= 15 is 0 Å². The number of amides is 1. The van der Waals surface area contributed by atoms with Gasteiger partial charge >= 0.3 is 5.97 Å². The fraction of sp³-hybridized carbons (Fsp3) is 0.818. The van der Waals surface area contributed by atoms with E-state index in [1.54, 1.807) is 6.92 Å². The Morgan fingerprint density at radius 2 is 2.07 bits per heavy atom. The number of nitrogens with two attached hydrogens (primary N) is 1. The van der Waals surface area contributed by atoms with Crippen molar-refractivity contribution in [3.63, 3.8) is 0 Å². The normalized spacial score (nSPS) is 26.5. The van der Waals surface area contributed by atoms with Crippen LogP contribution in [0.3, 0.4) is 0 Å². The van der Waals surface area contributed by atoms with E-state index in [4.69, 9.17) is 10.5 Å². The van der Waals surface area contributed by atoms with Crippen molar-refractivity contribution in [1.82, 2.24) is 0 Å². The van der Waals surface area contributed by atoms with Gasteiger partial charge in [0.2, 0.25) is 5.91 Å². The highest BCUT2D eigenvalue weighted by Gasteiger charge is 2.34. The maximum atomic E-state index is 11.4. The van der Waals surface area contributed by atoms with E-state index < -0.39 is 17.8 Å². The number of hydrogen-bond donors (Lipinski definition) is 1. The van der Waals surface area contributed by atoms with Gasteiger partial charge in [0.15, 0.2) is 0 Å². The highest BCUT2D eigenvalue weighted by molar-refractivity contribution is 5.96. The molecule has 2 N–H and O–H groups in total. The molecule has 1 saturated carbocycles. The number of ether oxygens (including phenoxy) is 1. The Morgan fingerprint density at radius 1 is 1.47 bits per heavy atom. The molecule has 0 aromatic rings. The van der Waals surface area contributed by atoms with Crippen molar-refractivity contribution in [2.45, 2.75) is 33.1 Å². The summed E-state index contributed by atoms with van der Waals surface area (Å²) >= 11 is 0. The predicted molar refractivity (Wildman–Crippen MR) is 55.8 cm³/mol. The lowest BCUT2D eigenvalue weighted by Gasteiger charge is -2.34. The summed E-state index contributed by atoms with van der Waals surface area (Å²) in [6.45, 7) is 4.19. The van der Waals surface area contributed by atoms with Crippen LogP contribution in [0.2, 0.25) is 0 Å². The Hall–Kier alpha value is -1.06. The Kier molecular flexibility index (Phi) is 4.12. The van der Waals surface area contributed by atoms with Crippen LogP contribution in [-0.4, -0.2) is 18.5 Å². The van der Waals surface area contributed by atoms with Gasteiger partial charge in [-0.05, 0) is 38.0 Å². The first-order valence-corrected chi connectivity index (χ1v) is 5.50. The molecular weight excluding hydrogens is 194 g/mol. The van der Waals surface area contributed by atoms with Gasteiger partial charge in [0.25, 0.3) is 0 Å².